The first-order valence-electron chi connectivity index (χ1n) is 9.95. The SMILES string of the molecule is CCn1c(CNC[C@]2(O)CN(S(=O)(=O)c3ccccc3)C[C@H]2O)nc2ccccc21. The fourth-order valence-corrected chi connectivity index (χ4v) is 5.47. The largest absolute Gasteiger partial charge is 0.389 e. The summed E-state index contributed by atoms with van der Waals surface area (Å²) in [6, 6.07) is 15.9. The van der Waals surface area contributed by atoms with E-state index in [0.717, 1.165) is 27.7 Å². The van der Waals surface area contributed by atoms with Crippen molar-refractivity contribution in [1.82, 2.24) is 19.2 Å². The van der Waals surface area contributed by atoms with Gasteiger partial charge in [0.1, 0.15) is 11.4 Å². The zero-order valence-corrected chi connectivity index (χ0v) is 17.6. The molecule has 0 spiro atoms. The molecule has 0 amide bonds. The van der Waals surface area contributed by atoms with Crippen LogP contribution in [0.5, 0.6) is 0 Å². The van der Waals surface area contributed by atoms with Crippen molar-refractivity contribution in [3.63, 3.8) is 0 Å². The summed E-state index contributed by atoms with van der Waals surface area (Å²) in [6.07, 6.45) is -1.19. The van der Waals surface area contributed by atoms with Crippen LogP contribution in [0.25, 0.3) is 11.0 Å². The Hall–Kier alpha value is -2.30. The van der Waals surface area contributed by atoms with E-state index in [2.05, 4.69) is 14.9 Å². The van der Waals surface area contributed by atoms with E-state index in [-0.39, 0.29) is 24.5 Å². The molecule has 9 heteroatoms. The quantitative estimate of drug-likeness (QED) is 0.515. The predicted octanol–water partition coefficient (Wildman–Crippen LogP) is 0.942. The molecule has 3 N–H and O–H groups in total. The molecule has 4 rings (SSSR count). The van der Waals surface area contributed by atoms with Gasteiger partial charge in [-0.15, -0.1) is 0 Å². The number of hydrogen-bond acceptors (Lipinski definition) is 6. The summed E-state index contributed by atoms with van der Waals surface area (Å²) in [7, 11) is -3.78. The minimum absolute atomic E-state index is 0.0435. The molecule has 0 radical (unpaired) electrons. The summed E-state index contributed by atoms with van der Waals surface area (Å²) in [5, 5.41) is 24.5. The summed E-state index contributed by atoms with van der Waals surface area (Å²) < 4.78 is 28.9. The smallest absolute Gasteiger partial charge is 0.243 e. The molecule has 0 aliphatic carbocycles. The molecule has 1 aromatic heterocycles. The minimum atomic E-state index is -3.78. The average molecular weight is 431 g/mol. The van der Waals surface area contributed by atoms with Crippen LogP contribution in [-0.4, -0.2) is 63.8 Å². The van der Waals surface area contributed by atoms with Crippen molar-refractivity contribution in [2.45, 2.75) is 36.6 Å². The van der Waals surface area contributed by atoms with Gasteiger partial charge in [-0.25, -0.2) is 13.4 Å². The highest BCUT2D eigenvalue weighted by molar-refractivity contribution is 7.89. The highest BCUT2D eigenvalue weighted by atomic mass is 32.2. The lowest BCUT2D eigenvalue weighted by atomic mass is 10.0. The highest BCUT2D eigenvalue weighted by Crippen LogP contribution is 2.27. The fraction of sp³-hybridized carbons (Fsp3) is 0.381. The third-order valence-corrected chi connectivity index (χ3v) is 7.42. The minimum Gasteiger partial charge on any atom is -0.389 e. The number of sulfonamides is 1. The number of benzene rings is 2. The van der Waals surface area contributed by atoms with Gasteiger partial charge < -0.3 is 20.1 Å². The summed E-state index contributed by atoms with van der Waals surface area (Å²) in [5.74, 6) is 0.823. The number of fused-ring (bicyclic) bond motifs is 1. The number of imidazole rings is 1. The summed E-state index contributed by atoms with van der Waals surface area (Å²) in [5.41, 5.74) is 0.359. The van der Waals surface area contributed by atoms with Gasteiger partial charge in [-0.1, -0.05) is 30.3 Å². The second-order valence-electron chi connectivity index (χ2n) is 7.59. The van der Waals surface area contributed by atoms with Crippen LogP contribution in [-0.2, 0) is 23.1 Å². The van der Waals surface area contributed by atoms with Crippen molar-refractivity contribution in [3.05, 3.63) is 60.4 Å². The van der Waals surface area contributed by atoms with Crippen LogP contribution in [0.4, 0.5) is 0 Å². The van der Waals surface area contributed by atoms with Gasteiger partial charge in [0.25, 0.3) is 0 Å². The van der Waals surface area contributed by atoms with Gasteiger partial charge in [-0.05, 0) is 31.2 Å². The molecule has 0 saturated carbocycles. The predicted molar refractivity (Wildman–Crippen MR) is 113 cm³/mol. The van der Waals surface area contributed by atoms with Gasteiger partial charge in [-0.3, -0.25) is 0 Å². The van der Waals surface area contributed by atoms with Crippen LogP contribution in [0.15, 0.2) is 59.5 Å². The van der Waals surface area contributed by atoms with Crippen molar-refractivity contribution in [3.8, 4) is 0 Å². The Labute approximate surface area is 175 Å². The van der Waals surface area contributed by atoms with Crippen LogP contribution in [0.1, 0.15) is 12.7 Å². The lowest BCUT2D eigenvalue weighted by Crippen LogP contribution is -2.50. The second-order valence-corrected chi connectivity index (χ2v) is 9.53. The molecule has 8 nitrogen and oxygen atoms in total. The lowest BCUT2D eigenvalue weighted by Gasteiger charge is -2.26. The maximum absolute atomic E-state index is 12.8. The number of aliphatic hydroxyl groups excluding tert-OH is 1. The Kier molecular flexibility index (Phi) is 5.65. The number of aryl methyl sites for hydroxylation is 1. The summed E-state index contributed by atoms with van der Waals surface area (Å²) in [6.45, 7) is 2.90. The van der Waals surface area contributed by atoms with Crippen molar-refractivity contribution in [2.75, 3.05) is 19.6 Å². The molecular weight excluding hydrogens is 404 g/mol. The van der Waals surface area contributed by atoms with E-state index in [1.807, 2.05) is 31.2 Å². The van der Waals surface area contributed by atoms with Crippen LogP contribution < -0.4 is 5.32 Å². The lowest BCUT2D eigenvalue weighted by molar-refractivity contribution is -0.0385. The van der Waals surface area contributed by atoms with Gasteiger partial charge in [0.05, 0.1) is 28.6 Å². The van der Waals surface area contributed by atoms with Gasteiger partial charge in [0.2, 0.25) is 10.0 Å². The molecule has 2 aromatic carbocycles. The zero-order chi connectivity index (χ0) is 21.4. The van der Waals surface area contributed by atoms with Crippen molar-refractivity contribution >= 4 is 21.1 Å². The Balaban J connectivity index is 1.45. The molecule has 3 aromatic rings. The van der Waals surface area contributed by atoms with E-state index in [1.54, 1.807) is 18.2 Å². The number of rotatable bonds is 7. The molecule has 0 bridgehead atoms. The molecule has 30 heavy (non-hydrogen) atoms. The molecule has 160 valence electrons. The number of β-amino-alcohol motifs (C(OH)–C–C–N with tert-alkyl or cyclic N) is 2. The number of nitrogens with zero attached hydrogens (tertiary/aromatic N) is 3. The molecule has 1 fully saturated rings. The Morgan fingerprint density at radius 2 is 1.87 bits per heavy atom. The Bertz CT molecular complexity index is 1130. The van der Waals surface area contributed by atoms with Crippen molar-refractivity contribution in [2.24, 2.45) is 0 Å². The standard InChI is InChI=1S/C21H26N4O4S/c1-2-25-18-11-7-6-10-17(18)23-20(25)12-22-14-21(27)15-24(13-19(21)26)30(28,29)16-8-4-3-5-9-16/h3-11,19,22,26-27H,2,12-15H2,1H3/t19-,21+/m1/s1. The third-order valence-electron chi connectivity index (χ3n) is 5.59. The molecule has 2 atom stereocenters. The first-order chi connectivity index (χ1) is 14.3. The van der Waals surface area contributed by atoms with E-state index in [1.165, 1.54) is 12.1 Å². The van der Waals surface area contributed by atoms with Crippen LogP contribution in [0, 0.1) is 0 Å². The summed E-state index contributed by atoms with van der Waals surface area (Å²) in [4.78, 5) is 4.78. The summed E-state index contributed by atoms with van der Waals surface area (Å²) >= 11 is 0. The normalized spacial score (nSPS) is 22.7. The Morgan fingerprint density at radius 1 is 1.17 bits per heavy atom. The molecule has 0 unspecified atom stereocenters. The molecule has 2 heterocycles. The van der Waals surface area contributed by atoms with E-state index in [0.29, 0.717) is 6.54 Å². The van der Waals surface area contributed by atoms with Crippen LogP contribution in [0.3, 0.4) is 0 Å². The molecular formula is C21H26N4O4S. The number of para-hydroxylation sites is 2. The van der Waals surface area contributed by atoms with Crippen molar-refractivity contribution < 1.29 is 18.6 Å². The fourth-order valence-electron chi connectivity index (χ4n) is 3.94. The number of hydrogen-bond donors (Lipinski definition) is 3. The first kappa shape index (κ1) is 21.0. The van der Waals surface area contributed by atoms with Crippen LogP contribution >= 0.6 is 0 Å². The van der Waals surface area contributed by atoms with E-state index < -0.39 is 21.7 Å². The van der Waals surface area contributed by atoms with Gasteiger partial charge in [0, 0.05) is 26.2 Å². The highest BCUT2D eigenvalue weighted by Gasteiger charge is 2.48. The van der Waals surface area contributed by atoms with Crippen LogP contribution in [0.2, 0.25) is 0 Å². The number of aliphatic hydroxyl groups is 2. The second kappa shape index (κ2) is 8.09. The first-order valence-corrected chi connectivity index (χ1v) is 11.4. The molecule has 1 aliphatic heterocycles. The van der Waals surface area contributed by atoms with E-state index >= 15 is 0 Å². The Morgan fingerprint density at radius 3 is 2.60 bits per heavy atom. The maximum atomic E-state index is 12.8. The zero-order valence-electron chi connectivity index (χ0n) is 16.8. The monoisotopic (exact) mass is 430 g/mol. The van der Waals surface area contributed by atoms with Gasteiger partial charge >= 0.3 is 0 Å². The topological polar surface area (TPSA) is 108 Å². The maximum Gasteiger partial charge on any atom is 0.243 e. The van der Waals surface area contributed by atoms with E-state index in [9.17, 15) is 18.6 Å². The number of aromatic nitrogens is 2. The van der Waals surface area contributed by atoms with Crippen molar-refractivity contribution in [1.29, 1.82) is 0 Å². The third kappa shape index (κ3) is 3.75. The van der Waals surface area contributed by atoms with Gasteiger partial charge in [0.15, 0.2) is 0 Å². The van der Waals surface area contributed by atoms with Gasteiger partial charge in [-0.2, -0.15) is 4.31 Å². The van der Waals surface area contributed by atoms with E-state index in [4.69, 9.17) is 0 Å². The molecule has 1 aliphatic rings. The molecule has 1 saturated heterocycles. The number of nitrogens with one attached hydrogen (secondary N) is 1. The average Bonchev–Trinajstić information content (AvgIpc) is 3.26.